The van der Waals surface area contributed by atoms with Gasteiger partial charge in [0.1, 0.15) is 11.3 Å². The van der Waals surface area contributed by atoms with E-state index in [4.69, 9.17) is 10.2 Å². The highest BCUT2D eigenvalue weighted by Crippen LogP contribution is 2.21. The molecule has 1 aromatic heterocycles. The molecule has 15 heavy (non-hydrogen) atoms. The third-order valence-corrected chi connectivity index (χ3v) is 3.17. The molecule has 0 amide bonds. The monoisotopic (exact) mass is 229 g/mol. The second-order valence-corrected chi connectivity index (χ2v) is 4.53. The largest absolute Gasteiger partial charge is 0.468 e. The zero-order valence-electron chi connectivity index (χ0n) is 8.86. The summed E-state index contributed by atoms with van der Waals surface area (Å²) in [5.74, 6) is 0.919. The lowest BCUT2D eigenvalue weighted by atomic mass is 10.3. The van der Waals surface area contributed by atoms with Crippen molar-refractivity contribution in [2.45, 2.75) is 17.9 Å². The van der Waals surface area contributed by atoms with Gasteiger partial charge in [-0.25, -0.2) is 4.79 Å². The van der Waals surface area contributed by atoms with Crippen molar-refractivity contribution < 1.29 is 13.9 Å². The quantitative estimate of drug-likeness (QED) is 0.778. The molecular formula is C10H15NO3S. The number of ether oxygens (including phenoxy) is 1. The Morgan fingerprint density at radius 1 is 1.73 bits per heavy atom. The fourth-order valence-electron chi connectivity index (χ4n) is 1.03. The zero-order chi connectivity index (χ0) is 11.3. The maximum Gasteiger partial charge on any atom is 0.341 e. The molecule has 1 atom stereocenters. The van der Waals surface area contributed by atoms with Crippen LogP contribution in [0.4, 0.5) is 0 Å². The number of rotatable bonds is 5. The summed E-state index contributed by atoms with van der Waals surface area (Å²) in [7, 11) is 1.36. The molecule has 0 aliphatic rings. The number of methoxy groups -OCH3 is 1. The molecule has 0 saturated carbocycles. The third-order valence-electron chi connectivity index (χ3n) is 1.98. The first kappa shape index (κ1) is 12.1. The van der Waals surface area contributed by atoms with Crippen LogP contribution < -0.4 is 5.73 Å². The highest BCUT2D eigenvalue weighted by molar-refractivity contribution is 7.99. The number of esters is 1. The molecule has 0 radical (unpaired) electrons. The summed E-state index contributed by atoms with van der Waals surface area (Å²) in [5.41, 5.74) is 5.99. The maximum absolute atomic E-state index is 11.3. The first-order valence-electron chi connectivity index (χ1n) is 4.65. The van der Waals surface area contributed by atoms with Crippen molar-refractivity contribution in [2.24, 2.45) is 5.73 Å². The first-order valence-corrected chi connectivity index (χ1v) is 5.70. The van der Waals surface area contributed by atoms with Gasteiger partial charge in [0.05, 0.1) is 19.1 Å². The van der Waals surface area contributed by atoms with Crippen molar-refractivity contribution >= 4 is 17.7 Å². The van der Waals surface area contributed by atoms with Gasteiger partial charge in [0, 0.05) is 11.8 Å². The minimum Gasteiger partial charge on any atom is -0.468 e. The van der Waals surface area contributed by atoms with Crippen molar-refractivity contribution in [2.75, 3.05) is 13.7 Å². The van der Waals surface area contributed by atoms with Crippen molar-refractivity contribution in [3.05, 3.63) is 23.7 Å². The Balaban J connectivity index is 2.61. The average Bonchev–Trinajstić information content (AvgIpc) is 2.72. The van der Waals surface area contributed by atoms with Crippen LogP contribution in [0.2, 0.25) is 0 Å². The molecule has 1 aromatic rings. The number of carbonyl (C=O) groups excluding carboxylic acids is 1. The smallest absolute Gasteiger partial charge is 0.341 e. The van der Waals surface area contributed by atoms with Gasteiger partial charge in [0.15, 0.2) is 0 Å². The molecule has 0 spiro atoms. The maximum atomic E-state index is 11.3. The van der Waals surface area contributed by atoms with E-state index < -0.39 is 0 Å². The van der Waals surface area contributed by atoms with Crippen LogP contribution in [0.3, 0.4) is 0 Å². The second-order valence-electron chi connectivity index (χ2n) is 3.11. The molecule has 1 unspecified atom stereocenters. The molecule has 2 N–H and O–H groups in total. The summed E-state index contributed by atoms with van der Waals surface area (Å²) < 4.78 is 9.86. The first-order chi connectivity index (χ1) is 7.19. The zero-order valence-corrected chi connectivity index (χ0v) is 9.67. The Labute approximate surface area is 93.2 Å². The minimum atomic E-state index is -0.361. The number of nitrogens with two attached hydrogens (primary N) is 1. The van der Waals surface area contributed by atoms with E-state index in [1.54, 1.807) is 17.8 Å². The molecule has 0 saturated heterocycles. The third kappa shape index (κ3) is 3.28. The number of thioether (sulfide) groups is 1. The van der Waals surface area contributed by atoms with Gasteiger partial charge < -0.3 is 14.9 Å². The van der Waals surface area contributed by atoms with E-state index in [0.29, 0.717) is 28.9 Å². The van der Waals surface area contributed by atoms with Crippen LogP contribution in [-0.2, 0) is 10.5 Å². The Morgan fingerprint density at radius 2 is 2.47 bits per heavy atom. The second kappa shape index (κ2) is 5.82. The summed E-state index contributed by atoms with van der Waals surface area (Å²) in [6.45, 7) is 2.64. The SMILES string of the molecule is COC(=O)c1ccoc1CSC(C)CN. The van der Waals surface area contributed by atoms with Crippen molar-refractivity contribution in [1.29, 1.82) is 0 Å². The standard InChI is InChI=1S/C10H15NO3S/c1-7(5-11)15-6-9-8(3-4-14-9)10(12)13-2/h3-4,7H,5-6,11H2,1-2H3. The fourth-order valence-corrected chi connectivity index (χ4v) is 1.83. The van der Waals surface area contributed by atoms with Gasteiger partial charge >= 0.3 is 5.97 Å². The number of hydrogen-bond donors (Lipinski definition) is 1. The summed E-state index contributed by atoms with van der Waals surface area (Å²) in [5, 5.41) is 0.348. The molecule has 5 heteroatoms. The average molecular weight is 229 g/mol. The van der Waals surface area contributed by atoms with E-state index in [-0.39, 0.29) is 5.97 Å². The van der Waals surface area contributed by atoms with Crippen LogP contribution in [0.5, 0.6) is 0 Å². The van der Waals surface area contributed by atoms with Crippen molar-refractivity contribution in [1.82, 2.24) is 0 Å². The number of hydrogen-bond acceptors (Lipinski definition) is 5. The van der Waals surface area contributed by atoms with E-state index in [2.05, 4.69) is 4.74 Å². The van der Waals surface area contributed by atoms with E-state index in [9.17, 15) is 4.79 Å². The van der Waals surface area contributed by atoms with Crippen molar-refractivity contribution in [3.63, 3.8) is 0 Å². The Hall–Kier alpha value is -0.940. The Bertz CT molecular complexity index is 324. The molecule has 0 bridgehead atoms. The molecule has 0 aromatic carbocycles. The predicted molar refractivity (Wildman–Crippen MR) is 59.9 cm³/mol. The van der Waals surface area contributed by atoms with Crippen LogP contribution in [0.1, 0.15) is 23.0 Å². The Morgan fingerprint density at radius 3 is 3.07 bits per heavy atom. The van der Waals surface area contributed by atoms with E-state index in [1.165, 1.54) is 13.4 Å². The lowest BCUT2D eigenvalue weighted by molar-refractivity contribution is 0.0598. The van der Waals surface area contributed by atoms with Gasteiger partial charge in [-0.3, -0.25) is 0 Å². The van der Waals surface area contributed by atoms with Gasteiger partial charge in [-0.15, -0.1) is 11.8 Å². The van der Waals surface area contributed by atoms with Gasteiger partial charge in [-0.1, -0.05) is 6.92 Å². The predicted octanol–water partition coefficient (Wildman–Crippen LogP) is 1.65. The summed E-state index contributed by atoms with van der Waals surface area (Å²) in [6.07, 6.45) is 1.50. The normalized spacial score (nSPS) is 12.5. The van der Waals surface area contributed by atoms with E-state index in [0.717, 1.165) is 0 Å². The fraction of sp³-hybridized carbons (Fsp3) is 0.500. The van der Waals surface area contributed by atoms with Crippen LogP contribution in [-0.4, -0.2) is 24.9 Å². The minimum absolute atomic E-state index is 0.348. The van der Waals surface area contributed by atoms with Gasteiger partial charge in [0.25, 0.3) is 0 Å². The van der Waals surface area contributed by atoms with E-state index in [1.807, 2.05) is 6.92 Å². The summed E-state index contributed by atoms with van der Waals surface area (Å²) in [4.78, 5) is 11.3. The van der Waals surface area contributed by atoms with Crippen LogP contribution >= 0.6 is 11.8 Å². The summed E-state index contributed by atoms with van der Waals surface area (Å²) in [6, 6.07) is 1.62. The van der Waals surface area contributed by atoms with E-state index >= 15 is 0 Å². The van der Waals surface area contributed by atoms with Gasteiger partial charge in [0.2, 0.25) is 0 Å². The molecule has 1 rings (SSSR count). The molecule has 0 fully saturated rings. The molecule has 4 nitrogen and oxygen atoms in total. The lowest BCUT2D eigenvalue weighted by Crippen LogP contribution is -2.13. The van der Waals surface area contributed by atoms with Crippen LogP contribution in [0, 0.1) is 0 Å². The van der Waals surface area contributed by atoms with Crippen molar-refractivity contribution in [3.8, 4) is 0 Å². The van der Waals surface area contributed by atoms with Gasteiger partial charge in [-0.2, -0.15) is 0 Å². The Kier molecular flexibility index (Phi) is 4.71. The molecular weight excluding hydrogens is 214 g/mol. The highest BCUT2D eigenvalue weighted by atomic mass is 32.2. The molecule has 1 heterocycles. The highest BCUT2D eigenvalue weighted by Gasteiger charge is 2.15. The summed E-state index contributed by atoms with van der Waals surface area (Å²) >= 11 is 1.65. The van der Waals surface area contributed by atoms with Crippen LogP contribution in [0.25, 0.3) is 0 Å². The molecule has 84 valence electrons. The topological polar surface area (TPSA) is 65.5 Å². The number of carbonyl (C=O) groups is 1. The molecule has 0 aliphatic heterocycles. The molecule has 0 aliphatic carbocycles. The van der Waals surface area contributed by atoms with Crippen LogP contribution in [0.15, 0.2) is 16.7 Å². The number of furan rings is 1. The van der Waals surface area contributed by atoms with Gasteiger partial charge in [-0.05, 0) is 6.07 Å². The lowest BCUT2D eigenvalue weighted by Gasteiger charge is -2.06.